The molecule has 1 heterocycles. The summed E-state index contributed by atoms with van der Waals surface area (Å²) in [6.07, 6.45) is -4.20. The zero-order valence-corrected chi connectivity index (χ0v) is 12.0. The predicted octanol–water partition coefficient (Wildman–Crippen LogP) is 2.81. The second kappa shape index (κ2) is 7.60. The highest BCUT2D eigenvalue weighted by atomic mass is 19.4. The first-order valence-corrected chi connectivity index (χ1v) is 7.28. The fourth-order valence-electron chi connectivity index (χ4n) is 2.41. The molecule has 1 fully saturated rings. The lowest BCUT2D eigenvalue weighted by Gasteiger charge is -2.28. The maximum Gasteiger partial charge on any atom is 0.417 e. The van der Waals surface area contributed by atoms with E-state index < -0.39 is 18.2 Å². The van der Waals surface area contributed by atoms with Crippen molar-refractivity contribution < 1.29 is 22.8 Å². The molecule has 0 aromatic heterocycles. The van der Waals surface area contributed by atoms with Crippen LogP contribution in [0.1, 0.15) is 36.0 Å². The first kappa shape index (κ1) is 16.8. The van der Waals surface area contributed by atoms with Crippen LogP contribution in [0.3, 0.4) is 0 Å². The van der Waals surface area contributed by atoms with Crippen molar-refractivity contribution in [1.29, 1.82) is 0 Å². The van der Waals surface area contributed by atoms with Gasteiger partial charge in [-0.05, 0) is 31.5 Å². The molecule has 4 nitrogen and oxygen atoms in total. The van der Waals surface area contributed by atoms with Gasteiger partial charge >= 0.3 is 6.18 Å². The third-order valence-corrected chi connectivity index (χ3v) is 3.61. The number of rotatable bonds is 5. The minimum atomic E-state index is -4.52. The van der Waals surface area contributed by atoms with Crippen molar-refractivity contribution in [2.24, 2.45) is 0 Å². The number of carbonyl (C=O) groups is 1. The van der Waals surface area contributed by atoms with Crippen LogP contribution in [0.2, 0.25) is 0 Å². The average molecular weight is 316 g/mol. The Morgan fingerprint density at radius 3 is 2.64 bits per heavy atom. The molecule has 1 aromatic carbocycles. The molecule has 1 amide bonds. The standard InChI is InChI=1S/C15H19F3N2O2/c16-15(17,18)13(10-12-8-4-5-9-19-12)22-20-14(21)11-6-2-1-3-7-11/h1-3,6-7,12-13,19H,4-5,8-10H2,(H,20,21). The van der Waals surface area contributed by atoms with E-state index in [4.69, 9.17) is 0 Å². The Bertz CT molecular complexity index is 473. The Morgan fingerprint density at radius 2 is 2.05 bits per heavy atom. The molecule has 0 aliphatic carbocycles. The molecule has 1 saturated heterocycles. The lowest BCUT2D eigenvalue weighted by atomic mass is 9.99. The zero-order chi connectivity index (χ0) is 16.0. The fraction of sp³-hybridized carbons (Fsp3) is 0.533. The largest absolute Gasteiger partial charge is 0.417 e. The van der Waals surface area contributed by atoms with Crippen LogP contribution in [0.15, 0.2) is 30.3 Å². The molecule has 1 aliphatic heterocycles. The molecule has 22 heavy (non-hydrogen) atoms. The van der Waals surface area contributed by atoms with Gasteiger partial charge in [0.15, 0.2) is 6.10 Å². The number of amides is 1. The number of piperidine rings is 1. The van der Waals surface area contributed by atoms with E-state index in [9.17, 15) is 18.0 Å². The Morgan fingerprint density at radius 1 is 1.32 bits per heavy atom. The van der Waals surface area contributed by atoms with Gasteiger partial charge in [0.2, 0.25) is 0 Å². The Balaban J connectivity index is 1.91. The highest BCUT2D eigenvalue weighted by molar-refractivity contribution is 5.93. The number of alkyl halides is 3. The maximum atomic E-state index is 13.0. The number of halogens is 3. The van der Waals surface area contributed by atoms with Crippen molar-refractivity contribution in [3.05, 3.63) is 35.9 Å². The molecule has 0 radical (unpaired) electrons. The van der Waals surface area contributed by atoms with Crippen molar-refractivity contribution in [3.63, 3.8) is 0 Å². The van der Waals surface area contributed by atoms with Crippen LogP contribution in [-0.4, -0.2) is 30.8 Å². The average Bonchev–Trinajstić information content (AvgIpc) is 2.52. The van der Waals surface area contributed by atoms with E-state index >= 15 is 0 Å². The molecular formula is C15H19F3N2O2. The molecule has 7 heteroatoms. The lowest BCUT2D eigenvalue weighted by Crippen LogP contribution is -2.45. The number of hydrogen-bond donors (Lipinski definition) is 2. The van der Waals surface area contributed by atoms with Gasteiger partial charge in [0, 0.05) is 18.0 Å². The Hall–Kier alpha value is -1.60. The van der Waals surface area contributed by atoms with E-state index in [1.807, 2.05) is 5.48 Å². The van der Waals surface area contributed by atoms with Gasteiger partial charge in [-0.15, -0.1) is 0 Å². The van der Waals surface area contributed by atoms with Crippen LogP contribution in [0.4, 0.5) is 13.2 Å². The second-order valence-electron chi connectivity index (χ2n) is 5.33. The quantitative estimate of drug-likeness (QED) is 0.821. The molecular weight excluding hydrogens is 297 g/mol. The first-order valence-electron chi connectivity index (χ1n) is 7.28. The maximum absolute atomic E-state index is 13.0. The number of hydroxylamine groups is 1. The Labute approximate surface area is 127 Å². The lowest BCUT2D eigenvalue weighted by molar-refractivity contribution is -0.236. The zero-order valence-electron chi connectivity index (χ0n) is 12.0. The minimum Gasteiger partial charge on any atom is -0.314 e. The summed E-state index contributed by atoms with van der Waals surface area (Å²) in [4.78, 5) is 16.4. The summed E-state index contributed by atoms with van der Waals surface area (Å²) in [5.41, 5.74) is 2.16. The van der Waals surface area contributed by atoms with E-state index in [1.165, 1.54) is 12.1 Å². The highest BCUT2D eigenvalue weighted by Crippen LogP contribution is 2.27. The van der Waals surface area contributed by atoms with Crippen LogP contribution in [0.5, 0.6) is 0 Å². The van der Waals surface area contributed by atoms with Crippen molar-refractivity contribution >= 4 is 5.91 Å². The summed E-state index contributed by atoms with van der Waals surface area (Å²) in [5, 5.41) is 3.05. The van der Waals surface area contributed by atoms with Gasteiger partial charge in [-0.1, -0.05) is 24.6 Å². The van der Waals surface area contributed by atoms with Crippen molar-refractivity contribution in [3.8, 4) is 0 Å². The molecule has 1 aliphatic rings. The van der Waals surface area contributed by atoms with E-state index in [2.05, 4.69) is 10.2 Å². The molecule has 0 saturated carbocycles. The number of nitrogens with one attached hydrogen (secondary N) is 2. The summed E-state index contributed by atoms with van der Waals surface area (Å²) in [6.45, 7) is 0.714. The third kappa shape index (κ3) is 4.99. The summed E-state index contributed by atoms with van der Waals surface area (Å²) < 4.78 is 39.1. The van der Waals surface area contributed by atoms with E-state index in [0.717, 1.165) is 12.8 Å². The summed E-state index contributed by atoms with van der Waals surface area (Å²) in [7, 11) is 0. The van der Waals surface area contributed by atoms with Crippen LogP contribution in [-0.2, 0) is 4.84 Å². The van der Waals surface area contributed by atoms with E-state index in [-0.39, 0.29) is 18.0 Å². The SMILES string of the molecule is O=C(NOC(CC1CCCCN1)C(F)(F)F)c1ccccc1. The molecule has 2 rings (SSSR count). The van der Waals surface area contributed by atoms with Gasteiger partial charge in [0.1, 0.15) is 0 Å². The van der Waals surface area contributed by atoms with Crippen LogP contribution >= 0.6 is 0 Å². The molecule has 2 atom stereocenters. The van der Waals surface area contributed by atoms with Gasteiger partial charge in [0.05, 0.1) is 0 Å². The topological polar surface area (TPSA) is 50.4 Å². The fourth-order valence-corrected chi connectivity index (χ4v) is 2.41. The van der Waals surface area contributed by atoms with Gasteiger partial charge < -0.3 is 5.32 Å². The second-order valence-corrected chi connectivity index (χ2v) is 5.33. The van der Waals surface area contributed by atoms with E-state index in [1.54, 1.807) is 18.2 Å². The van der Waals surface area contributed by atoms with Gasteiger partial charge in [-0.3, -0.25) is 9.63 Å². The van der Waals surface area contributed by atoms with Crippen LogP contribution in [0, 0.1) is 0 Å². The molecule has 2 unspecified atom stereocenters. The molecule has 2 N–H and O–H groups in total. The van der Waals surface area contributed by atoms with Crippen molar-refractivity contribution in [1.82, 2.24) is 10.8 Å². The summed E-state index contributed by atoms with van der Waals surface area (Å²) >= 11 is 0. The molecule has 1 aromatic rings. The van der Waals surface area contributed by atoms with Gasteiger partial charge in [-0.2, -0.15) is 13.2 Å². The third-order valence-electron chi connectivity index (χ3n) is 3.61. The van der Waals surface area contributed by atoms with Crippen LogP contribution < -0.4 is 10.8 Å². The number of carbonyl (C=O) groups excluding carboxylic acids is 1. The Kier molecular flexibility index (Phi) is 5.79. The molecule has 0 bridgehead atoms. The van der Waals surface area contributed by atoms with Gasteiger partial charge in [-0.25, -0.2) is 5.48 Å². The molecule has 0 spiro atoms. The molecule has 122 valence electrons. The number of hydrogen-bond acceptors (Lipinski definition) is 3. The smallest absolute Gasteiger partial charge is 0.314 e. The van der Waals surface area contributed by atoms with Gasteiger partial charge in [0.25, 0.3) is 5.91 Å². The van der Waals surface area contributed by atoms with Crippen molar-refractivity contribution in [2.75, 3.05) is 6.54 Å². The highest BCUT2D eigenvalue weighted by Gasteiger charge is 2.43. The number of benzene rings is 1. The monoisotopic (exact) mass is 316 g/mol. The van der Waals surface area contributed by atoms with Crippen LogP contribution in [0.25, 0.3) is 0 Å². The predicted molar refractivity (Wildman–Crippen MR) is 75.1 cm³/mol. The van der Waals surface area contributed by atoms with Crippen molar-refractivity contribution in [2.45, 2.75) is 44.0 Å². The summed E-state index contributed by atoms with van der Waals surface area (Å²) in [6, 6.07) is 7.73. The first-order chi connectivity index (χ1) is 10.5. The summed E-state index contributed by atoms with van der Waals surface area (Å²) in [5.74, 6) is -0.688. The normalized spacial score (nSPS) is 20.4. The van der Waals surface area contributed by atoms with E-state index in [0.29, 0.717) is 13.0 Å². The minimum absolute atomic E-state index is 0.210.